The Balaban J connectivity index is 1.98. The molecule has 1 heterocycles. The van der Waals surface area contributed by atoms with Crippen LogP contribution in [-0.4, -0.2) is 4.57 Å². The highest BCUT2D eigenvalue weighted by Crippen LogP contribution is 2.06. The van der Waals surface area contributed by atoms with E-state index in [9.17, 15) is 0 Å². The molecule has 0 atom stereocenters. The van der Waals surface area contributed by atoms with Gasteiger partial charge in [-0.1, -0.05) is 39.0 Å². The Kier molecular flexibility index (Phi) is 6.95. The summed E-state index contributed by atoms with van der Waals surface area (Å²) in [4.78, 5) is 0. The molecule has 0 aliphatic heterocycles. The van der Waals surface area contributed by atoms with Crippen molar-refractivity contribution in [2.75, 3.05) is 0 Å². The van der Waals surface area contributed by atoms with Crippen LogP contribution in [0.3, 0.4) is 0 Å². The first kappa shape index (κ1) is 13.3. The molecule has 16 heavy (non-hydrogen) atoms. The summed E-state index contributed by atoms with van der Waals surface area (Å²) in [6, 6.07) is 0. The largest absolute Gasteiger partial charge is 0.243 e. The number of hydrogen-bond acceptors (Lipinski definition) is 0. The van der Waals surface area contributed by atoms with Gasteiger partial charge in [-0.3, -0.25) is 0 Å². The minimum atomic E-state index is 1.07. The molecule has 0 radical (unpaired) electrons. The average Bonchev–Trinajstić information content (AvgIpc) is 2.76. The second kappa shape index (κ2) is 8.37. The van der Waals surface area contributed by atoms with Crippen molar-refractivity contribution in [2.24, 2.45) is 0 Å². The van der Waals surface area contributed by atoms with Gasteiger partial charge in [0.1, 0.15) is 12.4 Å². The van der Waals surface area contributed by atoms with E-state index in [1.165, 1.54) is 51.5 Å². The fraction of sp³-hybridized carbons (Fsp3) is 0.786. The molecule has 0 aromatic carbocycles. The summed E-state index contributed by atoms with van der Waals surface area (Å²) in [5, 5.41) is 0. The Labute approximate surface area is 100 Å². The molecule has 0 aliphatic carbocycles. The van der Waals surface area contributed by atoms with E-state index < -0.39 is 0 Å². The third-order valence-corrected chi connectivity index (χ3v) is 3.13. The van der Waals surface area contributed by atoms with Crippen LogP contribution in [0.1, 0.15) is 58.8 Å². The minimum absolute atomic E-state index is 1.07. The summed E-state index contributed by atoms with van der Waals surface area (Å²) in [5.74, 6) is 0. The lowest BCUT2D eigenvalue weighted by atomic mass is 10.1. The fourth-order valence-corrected chi connectivity index (χ4v) is 2.01. The Hall–Kier alpha value is -0.790. The molecule has 0 N–H and O–H groups in total. The predicted octanol–water partition coefficient (Wildman–Crippen LogP) is 3.55. The van der Waals surface area contributed by atoms with E-state index in [2.05, 4.69) is 41.7 Å². The highest BCUT2D eigenvalue weighted by molar-refractivity contribution is 4.64. The zero-order chi connectivity index (χ0) is 11.6. The molecule has 0 aliphatic rings. The third-order valence-electron chi connectivity index (χ3n) is 3.13. The molecule has 0 amide bonds. The summed E-state index contributed by atoms with van der Waals surface area (Å²) in [6.07, 6.45) is 16.3. The lowest BCUT2D eigenvalue weighted by Gasteiger charge is -1.99. The molecule has 1 aromatic heterocycles. The Morgan fingerprint density at radius 1 is 0.938 bits per heavy atom. The molecule has 92 valence electrons. The molecule has 0 fully saturated rings. The topological polar surface area (TPSA) is 8.81 Å². The molecule has 0 spiro atoms. The normalized spacial score (nSPS) is 10.9. The van der Waals surface area contributed by atoms with Gasteiger partial charge in [-0.05, 0) is 19.8 Å². The molecule has 0 unspecified atom stereocenters. The third kappa shape index (κ3) is 5.34. The number of nitrogens with zero attached hydrogens (tertiary/aromatic N) is 2. The van der Waals surface area contributed by atoms with Gasteiger partial charge in [-0.2, -0.15) is 0 Å². The van der Waals surface area contributed by atoms with Crippen molar-refractivity contribution in [3.63, 3.8) is 0 Å². The zero-order valence-electron chi connectivity index (χ0n) is 11.0. The lowest BCUT2D eigenvalue weighted by molar-refractivity contribution is -0.696. The van der Waals surface area contributed by atoms with E-state index in [0.717, 1.165) is 6.54 Å². The summed E-state index contributed by atoms with van der Waals surface area (Å²) < 4.78 is 4.52. The van der Waals surface area contributed by atoms with Crippen molar-refractivity contribution in [3.8, 4) is 0 Å². The number of imidazole rings is 1. The van der Waals surface area contributed by atoms with Gasteiger partial charge in [0.2, 0.25) is 6.33 Å². The van der Waals surface area contributed by atoms with Gasteiger partial charge in [0.25, 0.3) is 0 Å². The van der Waals surface area contributed by atoms with Gasteiger partial charge < -0.3 is 0 Å². The summed E-state index contributed by atoms with van der Waals surface area (Å²) in [7, 11) is 0. The van der Waals surface area contributed by atoms with E-state index in [0.29, 0.717) is 0 Å². The molecule has 2 heteroatoms. The second-order valence-electron chi connectivity index (χ2n) is 4.60. The Bertz CT molecular complexity index is 265. The van der Waals surface area contributed by atoms with E-state index in [1.807, 2.05) is 0 Å². The van der Waals surface area contributed by atoms with Crippen LogP contribution in [0.15, 0.2) is 18.7 Å². The van der Waals surface area contributed by atoms with Gasteiger partial charge in [0.05, 0.1) is 13.1 Å². The summed E-state index contributed by atoms with van der Waals surface area (Å²) >= 11 is 0. The lowest BCUT2D eigenvalue weighted by Crippen LogP contribution is -2.30. The smallest absolute Gasteiger partial charge is 0.237 e. The van der Waals surface area contributed by atoms with Gasteiger partial charge in [-0.15, -0.1) is 0 Å². The van der Waals surface area contributed by atoms with Crippen LogP contribution >= 0.6 is 0 Å². The highest BCUT2D eigenvalue weighted by atomic mass is 15.1. The van der Waals surface area contributed by atoms with E-state index in [-0.39, 0.29) is 0 Å². The molecule has 1 rings (SSSR count). The molecule has 0 saturated heterocycles. The quantitative estimate of drug-likeness (QED) is 0.447. The first-order chi connectivity index (χ1) is 7.86. The van der Waals surface area contributed by atoms with E-state index >= 15 is 0 Å². The maximum absolute atomic E-state index is 2.30. The van der Waals surface area contributed by atoms with E-state index in [1.54, 1.807) is 0 Å². The van der Waals surface area contributed by atoms with Crippen molar-refractivity contribution in [1.29, 1.82) is 0 Å². The summed E-state index contributed by atoms with van der Waals surface area (Å²) in [5.41, 5.74) is 0. The first-order valence-electron chi connectivity index (χ1n) is 6.91. The fourth-order valence-electron chi connectivity index (χ4n) is 2.01. The monoisotopic (exact) mass is 223 g/mol. The van der Waals surface area contributed by atoms with Gasteiger partial charge in [0.15, 0.2) is 0 Å². The number of aryl methyl sites for hydroxylation is 2. The van der Waals surface area contributed by atoms with Crippen LogP contribution in [0.25, 0.3) is 0 Å². The molecular weight excluding hydrogens is 196 g/mol. The number of unbranched alkanes of at least 4 members (excludes halogenated alkanes) is 6. The standard InChI is InChI=1S/C14H27N2/c1-3-5-6-7-8-9-10-11-16-13-12-15(4-2)14-16/h12-14H,3-11H2,1-2H3/q+1. The predicted molar refractivity (Wildman–Crippen MR) is 68.3 cm³/mol. The minimum Gasteiger partial charge on any atom is -0.237 e. The number of rotatable bonds is 9. The maximum atomic E-state index is 2.30. The maximum Gasteiger partial charge on any atom is 0.243 e. The molecule has 0 saturated carbocycles. The zero-order valence-corrected chi connectivity index (χ0v) is 11.0. The molecule has 1 aromatic rings. The second-order valence-corrected chi connectivity index (χ2v) is 4.60. The SMILES string of the molecule is CCCCCCCCC[n+]1ccn(CC)c1. The van der Waals surface area contributed by atoms with Crippen LogP contribution in [0.5, 0.6) is 0 Å². The Morgan fingerprint density at radius 2 is 1.62 bits per heavy atom. The summed E-state index contributed by atoms with van der Waals surface area (Å²) in [6.45, 7) is 6.71. The van der Waals surface area contributed by atoms with Gasteiger partial charge >= 0.3 is 0 Å². The Morgan fingerprint density at radius 3 is 2.25 bits per heavy atom. The van der Waals surface area contributed by atoms with E-state index in [4.69, 9.17) is 0 Å². The molecule has 0 bridgehead atoms. The van der Waals surface area contributed by atoms with Crippen LogP contribution < -0.4 is 4.57 Å². The van der Waals surface area contributed by atoms with Crippen molar-refractivity contribution in [3.05, 3.63) is 18.7 Å². The number of aromatic nitrogens is 2. The molecule has 2 nitrogen and oxygen atoms in total. The molecular formula is C14H27N2+. The van der Waals surface area contributed by atoms with Crippen molar-refractivity contribution in [2.45, 2.75) is 71.9 Å². The van der Waals surface area contributed by atoms with Crippen LogP contribution in [0.2, 0.25) is 0 Å². The van der Waals surface area contributed by atoms with Crippen LogP contribution in [-0.2, 0) is 13.1 Å². The van der Waals surface area contributed by atoms with Gasteiger partial charge in [0, 0.05) is 0 Å². The van der Waals surface area contributed by atoms with Crippen LogP contribution in [0.4, 0.5) is 0 Å². The first-order valence-corrected chi connectivity index (χ1v) is 6.91. The van der Waals surface area contributed by atoms with Crippen LogP contribution in [0, 0.1) is 0 Å². The highest BCUT2D eigenvalue weighted by Gasteiger charge is 2.00. The average molecular weight is 223 g/mol. The van der Waals surface area contributed by atoms with Crippen molar-refractivity contribution in [1.82, 2.24) is 4.57 Å². The van der Waals surface area contributed by atoms with Crippen molar-refractivity contribution < 1.29 is 4.57 Å². The van der Waals surface area contributed by atoms with Gasteiger partial charge in [-0.25, -0.2) is 9.13 Å². The van der Waals surface area contributed by atoms with Crippen molar-refractivity contribution >= 4 is 0 Å². The number of hydrogen-bond donors (Lipinski definition) is 0.